The van der Waals surface area contributed by atoms with Gasteiger partial charge in [-0.2, -0.15) is 0 Å². The molecule has 1 aliphatic heterocycles. The molecule has 4 atom stereocenters. The van der Waals surface area contributed by atoms with Gasteiger partial charge in [-0.05, 0) is 50.9 Å². The number of hydrogen-bond donors (Lipinski definition) is 0. The first-order chi connectivity index (χ1) is 8.38. The maximum absolute atomic E-state index is 12.6. The Morgan fingerprint density at radius 1 is 1.06 bits per heavy atom. The van der Waals surface area contributed by atoms with Gasteiger partial charge in [0.2, 0.25) is 11.8 Å². The van der Waals surface area contributed by atoms with E-state index in [1.54, 1.807) is 0 Å². The number of allylic oxidation sites excluding steroid dienone is 2. The molecule has 1 heterocycles. The van der Waals surface area contributed by atoms with Crippen molar-refractivity contribution in [1.82, 2.24) is 4.90 Å². The van der Waals surface area contributed by atoms with E-state index in [-0.39, 0.29) is 29.2 Å². The standard InChI is InChI=1S/C15H19NO2/c1-14(2,3)16-12(17)10-8-4-5-9(11(10)13(16)18)15(8)6-7-15/h4-5,8-11H,6-7H2,1-3H3/t8-,9-,10-,11+/m1/s1. The Kier molecular flexibility index (Phi) is 1.63. The van der Waals surface area contributed by atoms with Crippen molar-refractivity contribution < 1.29 is 9.59 Å². The van der Waals surface area contributed by atoms with Crippen LogP contribution in [0.2, 0.25) is 0 Å². The number of rotatable bonds is 0. The molecule has 18 heavy (non-hydrogen) atoms. The summed E-state index contributed by atoms with van der Waals surface area (Å²) < 4.78 is 0. The Bertz CT molecular complexity index is 461. The number of amides is 2. The minimum absolute atomic E-state index is 0.0470. The number of carbonyl (C=O) groups is 2. The number of hydrogen-bond acceptors (Lipinski definition) is 2. The second-order valence-electron chi connectivity index (χ2n) is 7.40. The van der Waals surface area contributed by atoms with Crippen molar-refractivity contribution in [3.63, 3.8) is 0 Å². The van der Waals surface area contributed by atoms with E-state index in [9.17, 15) is 9.59 Å². The number of likely N-dealkylation sites (tertiary alicyclic amines) is 1. The van der Waals surface area contributed by atoms with E-state index >= 15 is 0 Å². The van der Waals surface area contributed by atoms with Crippen LogP contribution in [0.1, 0.15) is 33.6 Å². The second-order valence-corrected chi connectivity index (χ2v) is 7.40. The van der Waals surface area contributed by atoms with Crippen LogP contribution < -0.4 is 0 Å². The summed E-state index contributed by atoms with van der Waals surface area (Å²) in [6.45, 7) is 5.85. The van der Waals surface area contributed by atoms with Gasteiger partial charge in [-0.15, -0.1) is 0 Å². The highest BCUT2D eigenvalue weighted by Crippen LogP contribution is 2.73. The molecule has 4 aliphatic rings. The molecule has 3 heteroatoms. The highest BCUT2D eigenvalue weighted by molar-refractivity contribution is 6.07. The fourth-order valence-corrected chi connectivity index (χ4v) is 4.74. The van der Waals surface area contributed by atoms with Crippen molar-refractivity contribution in [3.8, 4) is 0 Å². The lowest BCUT2D eigenvalue weighted by molar-refractivity contribution is -0.146. The molecule has 0 aromatic rings. The van der Waals surface area contributed by atoms with E-state index in [0.29, 0.717) is 17.3 Å². The van der Waals surface area contributed by atoms with Gasteiger partial charge in [-0.25, -0.2) is 0 Å². The van der Waals surface area contributed by atoms with Crippen molar-refractivity contribution in [2.24, 2.45) is 29.1 Å². The van der Waals surface area contributed by atoms with Crippen LogP contribution in [0.4, 0.5) is 0 Å². The van der Waals surface area contributed by atoms with Crippen molar-refractivity contribution >= 4 is 11.8 Å². The van der Waals surface area contributed by atoms with Gasteiger partial charge < -0.3 is 0 Å². The molecule has 2 bridgehead atoms. The molecule has 3 aliphatic carbocycles. The summed E-state index contributed by atoms with van der Waals surface area (Å²) in [5.41, 5.74) is -0.0702. The van der Waals surface area contributed by atoms with Crippen LogP contribution in [-0.2, 0) is 9.59 Å². The molecule has 2 amide bonds. The van der Waals surface area contributed by atoms with Gasteiger partial charge in [0.25, 0.3) is 0 Å². The van der Waals surface area contributed by atoms with E-state index < -0.39 is 0 Å². The zero-order valence-electron chi connectivity index (χ0n) is 11.1. The van der Waals surface area contributed by atoms with E-state index in [4.69, 9.17) is 0 Å². The maximum Gasteiger partial charge on any atom is 0.234 e. The third-order valence-electron chi connectivity index (χ3n) is 5.52. The Balaban J connectivity index is 1.79. The maximum atomic E-state index is 12.6. The van der Waals surface area contributed by atoms with Crippen LogP contribution in [0.25, 0.3) is 0 Å². The predicted molar refractivity (Wildman–Crippen MR) is 66.4 cm³/mol. The predicted octanol–water partition coefficient (Wildman–Crippen LogP) is 1.98. The van der Waals surface area contributed by atoms with Gasteiger partial charge in [0.1, 0.15) is 0 Å². The van der Waals surface area contributed by atoms with E-state index in [0.717, 1.165) is 0 Å². The van der Waals surface area contributed by atoms with Gasteiger partial charge in [0.05, 0.1) is 11.8 Å². The summed E-state index contributed by atoms with van der Waals surface area (Å²) in [4.78, 5) is 26.8. The van der Waals surface area contributed by atoms with Gasteiger partial charge in [0.15, 0.2) is 0 Å². The number of fused-ring (bicyclic) bond motifs is 3. The molecule has 0 unspecified atom stereocenters. The number of nitrogens with zero attached hydrogens (tertiary/aromatic N) is 1. The normalized spacial score (nSPS) is 43.2. The molecule has 0 aromatic heterocycles. The van der Waals surface area contributed by atoms with Crippen molar-refractivity contribution in [1.29, 1.82) is 0 Å². The van der Waals surface area contributed by atoms with Crippen LogP contribution in [-0.4, -0.2) is 22.3 Å². The summed E-state index contributed by atoms with van der Waals surface area (Å²) in [6, 6.07) is 0. The fourth-order valence-electron chi connectivity index (χ4n) is 4.74. The zero-order valence-corrected chi connectivity index (χ0v) is 11.1. The van der Waals surface area contributed by atoms with Gasteiger partial charge >= 0.3 is 0 Å². The lowest BCUT2D eigenvalue weighted by Crippen LogP contribution is -2.47. The number of imide groups is 1. The monoisotopic (exact) mass is 245 g/mol. The van der Waals surface area contributed by atoms with Gasteiger partial charge in [-0.1, -0.05) is 12.2 Å². The zero-order chi connectivity index (χ0) is 12.9. The third-order valence-corrected chi connectivity index (χ3v) is 5.52. The van der Waals surface area contributed by atoms with Crippen LogP contribution in [0, 0.1) is 29.1 Å². The average Bonchev–Trinajstić information content (AvgIpc) is 2.83. The topological polar surface area (TPSA) is 37.4 Å². The molecule has 96 valence electrons. The summed E-state index contributed by atoms with van der Waals surface area (Å²) in [5, 5.41) is 0. The summed E-state index contributed by atoms with van der Waals surface area (Å²) in [6.07, 6.45) is 6.85. The van der Waals surface area contributed by atoms with E-state index in [2.05, 4.69) is 12.2 Å². The van der Waals surface area contributed by atoms with Gasteiger partial charge in [0, 0.05) is 5.54 Å². The van der Waals surface area contributed by atoms with Crippen LogP contribution in [0.3, 0.4) is 0 Å². The molecule has 0 radical (unpaired) electrons. The molecule has 4 rings (SSSR count). The molecule has 1 spiro atoms. The molecular formula is C15H19NO2. The number of carbonyl (C=O) groups excluding carboxylic acids is 2. The lowest BCUT2D eigenvalue weighted by atomic mass is 9.85. The Morgan fingerprint density at radius 2 is 1.50 bits per heavy atom. The Morgan fingerprint density at radius 3 is 1.83 bits per heavy atom. The third kappa shape index (κ3) is 0.952. The molecule has 1 saturated heterocycles. The Hall–Kier alpha value is -1.12. The summed E-state index contributed by atoms with van der Waals surface area (Å²) in [7, 11) is 0. The molecular weight excluding hydrogens is 226 g/mol. The molecule has 2 saturated carbocycles. The van der Waals surface area contributed by atoms with Crippen LogP contribution >= 0.6 is 0 Å². The fraction of sp³-hybridized carbons (Fsp3) is 0.733. The average molecular weight is 245 g/mol. The van der Waals surface area contributed by atoms with E-state index in [1.807, 2.05) is 20.8 Å². The molecule has 0 aromatic carbocycles. The second kappa shape index (κ2) is 2.73. The largest absolute Gasteiger partial charge is 0.277 e. The van der Waals surface area contributed by atoms with Crippen LogP contribution in [0.15, 0.2) is 12.2 Å². The van der Waals surface area contributed by atoms with Crippen molar-refractivity contribution in [2.75, 3.05) is 0 Å². The first kappa shape index (κ1) is 10.8. The quantitative estimate of drug-likeness (QED) is 0.483. The SMILES string of the molecule is CC(C)(C)N1C(=O)[C@@H]2[C@H](C1=O)[C@H]1C=C[C@H]2C12CC2. The first-order valence-electron chi connectivity index (χ1n) is 6.94. The summed E-state index contributed by atoms with van der Waals surface area (Å²) in [5.74, 6) is 0.761. The highest BCUT2D eigenvalue weighted by Gasteiger charge is 2.73. The molecule has 0 N–H and O–H groups in total. The van der Waals surface area contributed by atoms with E-state index in [1.165, 1.54) is 17.7 Å². The van der Waals surface area contributed by atoms with Crippen molar-refractivity contribution in [2.45, 2.75) is 39.2 Å². The van der Waals surface area contributed by atoms with Crippen LogP contribution in [0.5, 0.6) is 0 Å². The lowest BCUT2D eigenvalue weighted by Gasteiger charge is -2.32. The molecule has 3 nitrogen and oxygen atoms in total. The first-order valence-corrected chi connectivity index (χ1v) is 6.94. The smallest absolute Gasteiger partial charge is 0.234 e. The minimum atomic E-state index is -0.380. The highest BCUT2D eigenvalue weighted by atomic mass is 16.2. The molecule has 3 fully saturated rings. The Labute approximate surface area is 107 Å². The van der Waals surface area contributed by atoms with Gasteiger partial charge in [-0.3, -0.25) is 14.5 Å². The summed E-state index contributed by atoms with van der Waals surface area (Å²) >= 11 is 0. The van der Waals surface area contributed by atoms with Crippen molar-refractivity contribution in [3.05, 3.63) is 12.2 Å². The minimum Gasteiger partial charge on any atom is -0.277 e.